The van der Waals surface area contributed by atoms with Crippen molar-refractivity contribution in [2.75, 3.05) is 0 Å². The number of hydrogen-bond donors (Lipinski definition) is 2. The summed E-state index contributed by atoms with van der Waals surface area (Å²) < 4.78 is 0. The van der Waals surface area contributed by atoms with Crippen LogP contribution in [0.3, 0.4) is 0 Å². The molecular formula is C10H10O2. The molecule has 0 amide bonds. The molecule has 0 heterocycles. The minimum atomic E-state index is -0.0531. The molecule has 0 atom stereocenters. The standard InChI is InChI=1S/C10H10O2/c1-2-8-3-9(6-11)5-10(4-8)7-12/h1,3-5,11-12H,6-7H2. The summed E-state index contributed by atoms with van der Waals surface area (Å²) in [7, 11) is 0. The van der Waals surface area contributed by atoms with E-state index in [0.29, 0.717) is 5.56 Å². The van der Waals surface area contributed by atoms with Crippen molar-refractivity contribution < 1.29 is 10.2 Å². The van der Waals surface area contributed by atoms with Gasteiger partial charge >= 0.3 is 0 Å². The fourth-order valence-corrected chi connectivity index (χ4v) is 1.03. The molecule has 0 saturated heterocycles. The van der Waals surface area contributed by atoms with E-state index in [0.717, 1.165) is 11.1 Å². The summed E-state index contributed by atoms with van der Waals surface area (Å²) in [4.78, 5) is 0. The van der Waals surface area contributed by atoms with E-state index in [9.17, 15) is 0 Å². The van der Waals surface area contributed by atoms with Crippen LogP contribution in [0.15, 0.2) is 18.2 Å². The maximum atomic E-state index is 8.83. The van der Waals surface area contributed by atoms with Crippen molar-refractivity contribution in [2.24, 2.45) is 0 Å². The van der Waals surface area contributed by atoms with Crippen LogP contribution in [0.25, 0.3) is 0 Å². The summed E-state index contributed by atoms with van der Waals surface area (Å²) in [5.74, 6) is 2.45. The fourth-order valence-electron chi connectivity index (χ4n) is 1.03. The van der Waals surface area contributed by atoms with Gasteiger partial charge in [-0.25, -0.2) is 0 Å². The number of rotatable bonds is 2. The number of benzene rings is 1. The van der Waals surface area contributed by atoms with Crippen LogP contribution >= 0.6 is 0 Å². The van der Waals surface area contributed by atoms with Gasteiger partial charge in [0.25, 0.3) is 0 Å². The molecule has 0 bridgehead atoms. The minimum Gasteiger partial charge on any atom is -0.392 e. The molecule has 0 aliphatic carbocycles. The van der Waals surface area contributed by atoms with Crippen LogP contribution < -0.4 is 0 Å². The highest BCUT2D eigenvalue weighted by atomic mass is 16.3. The molecule has 1 aromatic carbocycles. The lowest BCUT2D eigenvalue weighted by molar-refractivity contribution is 0.275. The van der Waals surface area contributed by atoms with E-state index in [1.165, 1.54) is 0 Å². The third-order valence-corrected chi connectivity index (χ3v) is 1.58. The van der Waals surface area contributed by atoms with Gasteiger partial charge in [0.1, 0.15) is 0 Å². The molecule has 2 N–H and O–H groups in total. The largest absolute Gasteiger partial charge is 0.392 e. The summed E-state index contributed by atoms with van der Waals surface area (Å²) in [5, 5.41) is 17.7. The number of aliphatic hydroxyl groups excluding tert-OH is 2. The number of terminal acetylenes is 1. The van der Waals surface area contributed by atoms with Crippen molar-refractivity contribution in [1.82, 2.24) is 0 Å². The maximum absolute atomic E-state index is 8.83. The first-order chi connectivity index (χ1) is 5.80. The summed E-state index contributed by atoms with van der Waals surface area (Å²) in [5.41, 5.74) is 2.15. The zero-order valence-electron chi connectivity index (χ0n) is 6.62. The van der Waals surface area contributed by atoms with Crippen molar-refractivity contribution in [2.45, 2.75) is 13.2 Å². The molecule has 2 heteroatoms. The Morgan fingerprint density at radius 2 is 1.58 bits per heavy atom. The van der Waals surface area contributed by atoms with E-state index in [2.05, 4.69) is 5.92 Å². The molecule has 62 valence electrons. The highest BCUT2D eigenvalue weighted by Crippen LogP contribution is 2.09. The molecule has 0 radical (unpaired) electrons. The van der Waals surface area contributed by atoms with Crippen LogP contribution in [0.2, 0.25) is 0 Å². The van der Waals surface area contributed by atoms with E-state index in [-0.39, 0.29) is 13.2 Å². The SMILES string of the molecule is C#Cc1cc(CO)cc(CO)c1. The zero-order valence-corrected chi connectivity index (χ0v) is 6.62. The van der Waals surface area contributed by atoms with Gasteiger partial charge in [0.05, 0.1) is 13.2 Å². The Bertz CT molecular complexity index is 288. The quantitative estimate of drug-likeness (QED) is 0.627. The molecule has 0 aromatic heterocycles. The molecule has 2 nitrogen and oxygen atoms in total. The first kappa shape index (κ1) is 8.79. The second-order valence-electron chi connectivity index (χ2n) is 2.50. The monoisotopic (exact) mass is 162 g/mol. The summed E-state index contributed by atoms with van der Waals surface area (Å²) >= 11 is 0. The molecule has 0 saturated carbocycles. The topological polar surface area (TPSA) is 40.5 Å². The van der Waals surface area contributed by atoms with E-state index >= 15 is 0 Å². The van der Waals surface area contributed by atoms with Gasteiger partial charge in [-0.15, -0.1) is 6.42 Å². The molecular weight excluding hydrogens is 152 g/mol. The molecule has 0 fully saturated rings. The Morgan fingerprint density at radius 3 is 1.92 bits per heavy atom. The van der Waals surface area contributed by atoms with Gasteiger partial charge < -0.3 is 10.2 Å². The van der Waals surface area contributed by atoms with Crippen LogP contribution in [0, 0.1) is 12.3 Å². The third-order valence-electron chi connectivity index (χ3n) is 1.58. The first-order valence-corrected chi connectivity index (χ1v) is 3.61. The number of aliphatic hydroxyl groups is 2. The first-order valence-electron chi connectivity index (χ1n) is 3.61. The summed E-state index contributed by atoms with van der Waals surface area (Å²) in [6, 6.07) is 5.17. The Labute approximate surface area is 71.5 Å². The Kier molecular flexibility index (Phi) is 2.87. The van der Waals surface area contributed by atoms with E-state index in [1.807, 2.05) is 0 Å². The fraction of sp³-hybridized carbons (Fsp3) is 0.200. The molecule has 12 heavy (non-hydrogen) atoms. The van der Waals surface area contributed by atoms with E-state index in [1.54, 1.807) is 18.2 Å². The highest BCUT2D eigenvalue weighted by molar-refractivity contribution is 5.38. The van der Waals surface area contributed by atoms with Crippen molar-refractivity contribution in [3.8, 4) is 12.3 Å². The van der Waals surface area contributed by atoms with Gasteiger partial charge in [0.15, 0.2) is 0 Å². The lowest BCUT2D eigenvalue weighted by atomic mass is 10.1. The molecule has 1 aromatic rings. The molecule has 0 spiro atoms. The van der Waals surface area contributed by atoms with E-state index in [4.69, 9.17) is 16.6 Å². The summed E-state index contributed by atoms with van der Waals surface area (Å²) in [6.07, 6.45) is 5.18. The van der Waals surface area contributed by atoms with Crippen molar-refractivity contribution in [3.63, 3.8) is 0 Å². The van der Waals surface area contributed by atoms with E-state index < -0.39 is 0 Å². The van der Waals surface area contributed by atoms with Crippen LogP contribution in [-0.4, -0.2) is 10.2 Å². The predicted octanol–water partition coefficient (Wildman–Crippen LogP) is 0.653. The second kappa shape index (κ2) is 3.91. The number of hydrogen-bond acceptors (Lipinski definition) is 2. The normalized spacial score (nSPS) is 9.42. The average molecular weight is 162 g/mol. The minimum absolute atomic E-state index is 0.0531. The predicted molar refractivity (Wildman–Crippen MR) is 46.2 cm³/mol. The van der Waals surface area contributed by atoms with Crippen LogP contribution in [0.5, 0.6) is 0 Å². The van der Waals surface area contributed by atoms with Gasteiger partial charge in [-0.1, -0.05) is 12.0 Å². The molecule has 1 rings (SSSR count). The summed E-state index contributed by atoms with van der Waals surface area (Å²) in [6.45, 7) is -0.106. The van der Waals surface area contributed by atoms with Crippen LogP contribution in [0.1, 0.15) is 16.7 Å². The molecule has 0 unspecified atom stereocenters. The van der Waals surface area contributed by atoms with Gasteiger partial charge in [0.2, 0.25) is 0 Å². The van der Waals surface area contributed by atoms with Gasteiger partial charge in [-0.2, -0.15) is 0 Å². The highest BCUT2D eigenvalue weighted by Gasteiger charge is 1.97. The van der Waals surface area contributed by atoms with Crippen LogP contribution in [-0.2, 0) is 13.2 Å². The van der Waals surface area contributed by atoms with Gasteiger partial charge in [0, 0.05) is 5.56 Å². The zero-order chi connectivity index (χ0) is 8.97. The maximum Gasteiger partial charge on any atom is 0.0682 e. The smallest absolute Gasteiger partial charge is 0.0682 e. The molecule has 0 aliphatic heterocycles. The lowest BCUT2D eigenvalue weighted by Crippen LogP contribution is -1.90. The van der Waals surface area contributed by atoms with Gasteiger partial charge in [-0.3, -0.25) is 0 Å². The van der Waals surface area contributed by atoms with Crippen molar-refractivity contribution in [3.05, 3.63) is 34.9 Å². The average Bonchev–Trinajstić information content (AvgIpc) is 2.16. The Balaban J connectivity index is 3.12. The second-order valence-corrected chi connectivity index (χ2v) is 2.50. The third kappa shape index (κ3) is 1.85. The Hall–Kier alpha value is -1.30. The van der Waals surface area contributed by atoms with Crippen molar-refractivity contribution in [1.29, 1.82) is 0 Å². The molecule has 0 aliphatic rings. The van der Waals surface area contributed by atoms with Crippen molar-refractivity contribution >= 4 is 0 Å². The lowest BCUT2D eigenvalue weighted by Gasteiger charge is -2.01. The van der Waals surface area contributed by atoms with Crippen LogP contribution in [0.4, 0.5) is 0 Å². The van der Waals surface area contributed by atoms with Gasteiger partial charge in [-0.05, 0) is 23.3 Å². The Morgan fingerprint density at radius 1 is 1.08 bits per heavy atom.